The average molecular weight is 297 g/mol. The molecule has 2 aromatic rings. The Balaban J connectivity index is 1.46. The molecule has 0 spiro atoms. The number of amides is 1. The molecule has 5 heteroatoms. The first kappa shape index (κ1) is 13.4. The fourth-order valence-electron chi connectivity index (χ4n) is 3.34. The van der Waals surface area contributed by atoms with Gasteiger partial charge in [-0.2, -0.15) is 0 Å². The van der Waals surface area contributed by atoms with Crippen molar-refractivity contribution in [1.82, 2.24) is 9.55 Å². The smallest absolute Gasteiger partial charge is 0.227 e. The van der Waals surface area contributed by atoms with Crippen molar-refractivity contribution in [2.75, 3.05) is 5.32 Å². The molecule has 0 saturated carbocycles. The van der Waals surface area contributed by atoms with Gasteiger partial charge in [0.1, 0.15) is 11.9 Å². The number of aryl methyl sites for hydroxylation is 1. The highest BCUT2D eigenvalue weighted by Gasteiger charge is 2.25. The summed E-state index contributed by atoms with van der Waals surface area (Å²) in [6, 6.07) is 5.90. The van der Waals surface area contributed by atoms with Gasteiger partial charge in [0.25, 0.3) is 0 Å². The molecule has 0 aliphatic carbocycles. The summed E-state index contributed by atoms with van der Waals surface area (Å²) in [5.74, 6) is 1.05. The number of rotatable bonds is 2. The Kier molecular flexibility index (Phi) is 3.13. The number of hydrogen-bond acceptors (Lipinski definition) is 3. The zero-order valence-corrected chi connectivity index (χ0v) is 12.6. The maximum atomic E-state index is 12.5. The van der Waals surface area contributed by atoms with Gasteiger partial charge >= 0.3 is 0 Å². The standard InChI is InChI=1S/C17H19N3O2/c1-11-6-13-7-14(2-3-16(13)22-11)19-17(21)12-4-5-20-10-18-9-15(20)8-12/h2-3,7,9-12H,4-6,8H2,1H3,(H,19,21). The van der Waals surface area contributed by atoms with Gasteiger partial charge in [-0.15, -0.1) is 0 Å². The van der Waals surface area contributed by atoms with E-state index in [1.165, 1.54) is 5.56 Å². The van der Waals surface area contributed by atoms with Crippen molar-refractivity contribution in [2.24, 2.45) is 5.92 Å². The highest BCUT2D eigenvalue weighted by atomic mass is 16.5. The molecule has 1 aromatic carbocycles. The Morgan fingerprint density at radius 2 is 2.32 bits per heavy atom. The van der Waals surface area contributed by atoms with E-state index in [1.54, 1.807) is 0 Å². The lowest BCUT2D eigenvalue weighted by atomic mass is 9.95. The first-order chi connectivity index (χ1) is 10.7. The minimum atomic E-state index is 0.0210. The number of anilines is 1. The van der Waals surface area contributed by atoms with Gasteiger partial charge < -0.3 is 14.6 Å². The zero-order chi connectivity index (χ0) is 15.1. The van der Waals surface area contributed by atoms with Gasteiger partial charge in [0.2, 0.25) is 5.91 Å². The van der Waals surface area contributed by atoms with Crippen LogP contribution in [0.5, 0.6) is 5.75 Å². The van der Waals surface area contributed by atoms with Gasteiger partial charge in [-0.3, -0.25) is 4.79 Å². The Bertz CT molecular complexity index is 722. The quantitative estimate of drug-likeness (QED) is 0.926. The second-order valence-electron chi connectivity index (χ2n) is 6.21. The van der Waals surface area contributed by atoms with Crippen LogP contribution in [0, 0.1) is 5.92 Å². The molecule has 22 heavy (non-hydrogen) atoms. The van der Waals surface area contributed by atoms with E-state index in [2.05, 4.69) is 21.8 Å². The molecule has 0 bridgehead atoms. The predicted octanol–water partition coefficient (Wildman–Crippen LogP) is 2.41. The summed E-state index contributed by atoms with van der Waals surface area (Å²) in [7, 11) is 0. The number of benzene rings is 1. The summed E-state index contributed by atoms with van der Waals surface area (Å²) in [5, 5.41) is 3.06. The number of nitrogens with zero attached hydrogens (tertiary/aromatic N) is 2. The monoisotopic (exact) mass is 297 g/mol. The molecule has 1 amide bonds. The fourth-order valence-corrected chi connectivity index (χ4v) is 3.34. The SMILES string of the molecule is CC1Cc2cc(NC(=O)C3CCn4cncc4C3)ccc2O1. The lowest BCUT2D eigenvalue weighted by molar-refractivity contribution is -0.120. The van der Waals surface area contributed by atoms with Crippen molar-refractivity contribution in [3.63, 3.8) is 0 Å². The summed E-state index contributed by atoms with van der Waals surface area (Å²) in [5.41, 5.74) is 3.18. The highest BCUT2D eigenvalue weighted by molar-refractivity contribution is 5.93. The lowest BCUT2D eigenvalue weighted by Crippen LogP contribution is -2.29. The molecule has 2 atom stereocenters. The van der Waals surface area contributed by atoms with Gasteiger partial charge in [0.15, 0.2) is 0 Å². The molecule has 2 aliphatic heterocycles. The van der Waals surface area contributed by atoms with E-state index < -0.39 is 0 Å². The third-order valence-corrected chi connectivity index (χ3v) is 4.51. The molecule has 2 unspecified atom stereocenters. The molecular weight excluding hydrogens is 278 g/mol. The van der Waals surface area contributed by atoms with Crippen LogP contribution in [0.3, 0.4) is 0 Å². The van der Waals surface area contributed by atoms with E-state index in [0.717, 1.165) is 42.9 Å². The van der Waals surface area contributed by atoms with Crippen molar-refractivity contribution in [3.05, 3.63) is 42.0 Å². The van der Waals surface area contributed by atoms with E-state index in [1.807, 2.05) is 30.7 Å². The van der Waals surface area contributed by atoms with Gasteiger partial charge in [0.05, 0.1) is 6.33 Å². The summed E-state index contributed by atoms with van der Waals surface area (Å²) in [6.07, 6.45) is 6.44. The van der Waals surface area contributed by atoms with Crippen LogP contribution in [0.2, 0.25) is 0 Å². The van der Waals surface area contributed by atoms with Crippen LogP contribution in [0.15, 0.2) is 30.7 Å². The van der Waals surface area contributed by atoms with Crippen molar-refractivity contribution in [1.29, 1.82) is 0 Å². The molecule has 0 saturated heterocycles. The maximum absolute atomic E-state index is 12.5. The largest absolute Gasteiger partial charge is 0.490 e. The fraction of sp³-hybridized carbons (Fsp3) is 0.412. The summed E-state index contributed by atoms with van der Waals surface area (Å²) < 4.78 is 7.81. The molecule has 0 fully saturated rings. The molecular formula is C17H19N3O2. The predicted molar refractivity (Wildman–Crippen MR) is 82.9 cm³/mol. The lowest BCUT2D eigenvalue weighted by Gasteiger charge is -2.23. The Morgan fingerprint density at radius 3 is 3.23 bits per heavy atom. The highest BCUT2D eigenvalue weighted by Crippen LogP contribution is 2.31. The number of fused-ring (bicyclic) bond motifs is 2. The molecule has 4 rings (SSSR count). The van der Waals surface area contributed by atoms with Gasteiger partial charge in [-0.1, -0.05) is 0 Å². The van der Waals surface area contributed by atoms with Crippen LogP contribution in [-0.4, -0.2) is 21.6 Å². The first-order valence-corrected chi connectivity index (χ1v) is 7.78. The molecule has 2 aliphatic rings. The molecule has 114 valence electrons. The van der Waals surface area contributed by atoms with Gasteiger partial charge in [-0.25, -0.2) is 4.98 Å². The summed E-state index contributed by atoms with van der Waals surface area (Å²) in [4.78, 5) is 16.6. The van der Waals surface area contributed by atoms with Crippen LogP contribution >= 0.6 is 0 Å². The number of imidazole rings is 1. The second-order valence-corrected chi connectivity index (χ2v) is 6.21. The molecule has 1 aromatic heterocycles. The van der Waals surface area contributed by atoms with Crippen molar-refractivity contribution in [3.8, 4) is 5.75 Å². The van der Waals surface area contributed by atoms with Crippen LogP contribution < -0.4 is 10.1 Å². The third kappa shape index (κ3) is 2.36. The number of hydrogen-bond donors (Lipinski definition) is 1. The van der Waals surface area contributed by atoms with Gasteiger partial charge in [-0.05, 0) is 37.1 Å². The first-order valence-electron chi connectivity index (χ1n) is 7.78. The van der Waals surface area contributed by atoms with Crippen molar-refractivity contribution >= 4 is 11.6 Å². The van der Waals surface area contributed by atoms with Crippen LogP contribution in [0.4, 0.5) is 5.69 Å². The topological polar surface area (TPSA) is 56.2 Å². The van der Waals surface area contributed by atoms with Crippen molar-refractivity contribution < 1.29 is 9.53 Å². The second kappa shape index (κ2) is 5.16. The average Bonchev–Trinajstić information content (AvgIpc) is 3.10. The maximum Gasteiger partial charge on any atom is 0.227 e. The Hall–Kier alpha value is -2.30. The van der Waals surface area contributed by atoms with Crippen LogP contribution in [0.1, 0.15) is 24.6 Å². The number of carbonyl (C=O) groups is 1. The van der Waals surface area contributed by atoms with E-state index >= 15 is 0 Å². The Morgan fingerprint density at radius 1 is 1.41 bits per heavy atom. The zero-order valence-electron chi connectivity index (χ0n) is 12.6. The van der Waals surface area contributed by atoms with E-state index in [0.29, 0.717) is 0 Å². The number of ether oxygens (including phenoxy) is 1. The molecule has 5 nitrogen and oxygen atoms in total. The van der Waals surface area contributed by atoms with Crippen molar-refractivity contribution in [2.45, 2.75) is 38.8 Å². The van der Waals surface area contributed by atoms with Gasteiger partial charge in [0, 0.05) is 42.9 Å². The minimum Gasteiger partial charge on any atom is -0.490 e. The summed E-state index contributed by atoms with van der Waals surface area (Å²) in [6.45, 7) is 2.92. The summed E-state index contributed by atoms with van der Waals surface area (Å²) >= 11 is 0. The van der Waals surface area contributed by atoms with E-state index in [-0.39, 0.29) is 17.9 Å². The molecule has 1 N–H and O–H groups in total. The minimum absolute atomic E-state index is 0.0210. The Labute approximate surface area is 129 Å². The third-order valence-electron chi connectivity index (χ3n) is 4.51. The molecule has 3 heterocycles. The normalized spacial score (nSPS) is 22.6. The molecule has 0 radical (unpaired) electrons. The number of carbonyl (C=O) groups excluding carboxylic acids is 1. The van der Waals surface area contributed by atoms with E-state index in [9.17, 15) is 4.79 Å². The van der Waals surface area contributed by atoms with E-state index in [4.69, 9.17) is 4.74 Å². The number of aromatic nitrogens is 2. The van der Waals surface area contributed by atoms with Crippen LogP contribution in [-0.2, 0) is 24.2 Å². The van der Waals surface area contributed by atoms with Crippen LogP contribution in [0.25, 0.3) is 0 Å². The number of nitrogens with one attached hydrogen (secondary N) is 1.